The molecule has 0 aromatic rings. The number of amides is 1. The van der Waals surface area contributed by atoms with Gasteiger partial charge in [0.15, 0.2) is 0 Å². The van der Waals surface area contributed by atoms with E-state index in [4.69, 9.17) is 5.73 Å². The highest BCUT2D eigenvalue weighted by Gasteiger charge is 2.46. The highest BCUT2D eigenvalue weighted by molar-refractivity contribution is 5.89. The van der Waals surface area contributed by atoms with Crippen molar-refractivity contribution in [1.82, 2.24) is 5.32 Å². The molecular weight excluding hydrogens is 152 g/mol. The summed E-state index contributed by atoms with van der Waals surface area (Å²) in [6.07, 6.45) is 3.66. The normalized spacial score (nSPS) is 19.3. The average molecular weight is 170 g/mol. The summed E-state index contributed by atoms with van der Waals surface area (Å²) in [4.78, 5) is 11.4. The van der Waals surface area contributed by atoms with Crippen molar-refractivity contribution < 1.29 is 4.79 Å². The second kappa shape index (κ2) is 3.44. The number of hydrogen-bond donors (Lipinski definition) is 2. The van der Waals surface area contributed by atoms with Crippen LogP contribution in [0.4, 0.5) is 0 Å². The predicted octanol–water partition coefficient (Wildman–Crippen LogP) is 0.782. The molecule has 3 nitrogen and oxygen atoms in total. The summed E-state index contributed by atoms with van der Waals surface area (Å²) in [5.74, 6) is 0.0381. The third-order valence-electron chi connectivity index (χ3n) is 2.56. The lowest BCUT2D eigenvalue weighted by Crippen LogP contribution is -2.46. The minimum Gasteiger partial charge on any atom is -0.352 e. The molecule has 0 atom stereocenters. The fourth-order valence-corrected chi connectivity index (χ4v) is 1.18. The maximum Gasteiger partial charge on any atom is 0.240 e. The Kier molecular flexibility index (Phi) is 2.73. The van der Waals surface area contributed by atoms with Crippen LogP contribution in [0.1, 0.15) is 39.5 Å². The number of hydrogen-bond acceptors (Lipinski definition) is 2. The monoisotopic (exact) mass is 170 g/mol. The van der Waals surface area contributed by atoms with Crippen molar-refractivity contribution in [3.05, 3.63) is 0 Å². The van der Waals surface area contributed by atoms with Crippen LogP contribution < -0.4 is 11.1 Å². The summed E-state index contributed by atoms with van der Waals surface area (Å²) in [7, 11) is 0. The Balaban J connectivity index is 2.34. The van der Waals surface area contributed by atoms with Crippen molar-refractivity contribution in [3.63, 3.8) is 0 Å². The smallest absolute Gasteiger partial charge is 0.240 e. The molecule has 1 aliphatic rings. The summed E-state index contributed by atoms with van der Waals surface area (Å²) in [6, 6.07) is 0.304. The van der Waals surface area contributed by atoms with E-state index in [1.165, 1.54) is 0 Å². The molecule has 0 radical (unpaired) electrons. The van der Waals surface area contributed by atoms with Gasteiger partial charge in [-0.1, -0.05) is 13.8 Å². The highest BCUT2D eigenvalue weighted by Crippen LogP contribution is 2.32. The molecule has 0 unspecified atom stereocenters. The Hall–Kier alpha value is -0.570. The van der Waals surface area contributed by atoms with Crippen LogP contribution in [0.2, 0.25) is 0 Å². The quantitative estimate of drug-likeness (QED) is 0.655. The van der Waals surface area contributed by atoms with Crippen molar-refractivity contribution >= 4 is 5.91 Å². The van der Waals surface area contributed by atoms with E-state index in [2.05, 4.69) is 19.2 Å². The molecule has 1 rings (SSSR count). The first-order chi connectivity index (χ1) is 5.62. The van der Waals surface area contributed by atoms with E-state index in [1.54, 1.807) is 0 Å². The lowest BCUT2D eigenvalue weighted by atomic mass is 10.1. The summed E-state index contributed by atoms with van der Waals surface area (Å²) < 4.78 is 0. The van der Waals surface area contributed by atoms with Gasteiger partial charge in [0, 0.05) is 6.04 Å². The van der Waals surface area contributed by atoms with Crippen molar-refractivity contribution in [2.45, 2.75) is 51.1 Å². The molecule has 1 saturated carbocycles. The van der Waals surface area contributed by atoms with Gasteiger partial charge in [0.25, 0.3) is 0 Å². The second-order valence-electron chi connectivity index (χ2n) is 3.64. The van der Waals surface area contributed by atoms with Crippen molar-refractivity contribution in [1.29, 1.82) is 0 Å². The zero-order valence-electron chi connectivity index (χ0n) is 7.89. The minimum atomic E-state index is -0.511. The summed E-state index contributed by atoms with van der Waals surface area (Å²) in [6.45, 7) is 4.15. The van der Waals surface area contributed by atoms with E-state index in [0.29, 0.717) is 6.04 Å². The first-order valence-electron chi connectivity index (χ1n) is 4.72. The lowest BCUT2D eigenvalue weighted by Gasteiger charge is -2.17. The molecule has 0 aliphatic heterocycles. The highest BCUT2D eigenvalue weighted by atomic mass is 16.2. The molecule has 3 heteroatoms. The van der Waals surface area contributed by atoms with Crippen LogP contribution in [-0.4, -0.2) is 17.5 Å². The van der Waals surface area contributed by atoms with Crippen molar-refractivity contribution in [3.8, 4) is 0 Å². The minimum absolute atomic E-state index is 0.0381. The van der Waals surface area contributed by atoms with Crippen LogP contribution in [0.3, 0.4) is 0 Å². The van der Waals surface area contributed by atoms with E-state index in [1.807, 2.05) is 0 Å². The van der Waals surface area contributed by atoms with E-state index in [0.717, 1.165) is 25.7 Å². The maximum absolute atomic E-state index is 11.4. The van der Waals surface area contributed by atoms with Crippen LogP contribution in [0.5, 0.6) is 0 Å². The number of nitrogens with one attached hydrogen (secondary N) is 1. The number of nitrogens with two attached hydrogens (primary N) is 1. The Morgan fingerprint density at radius 1 is 1.50 bits per heavy atom. The van der Waals surface area contributed by atoms with Crippen LogP contribution in [0.25, 0.3) is 0 Å². The van der Waals surface area contributed by atoms with Gasteiger partial charge >= 0.3 is 0 Å². The number of carbonyl (C=O) groups excluding carboxylic acids is 1. The SMILES string of the molecule is CCC(CC)NC(=O)C1(N)CC1. The molecule has 3 N–H and O–H groups in total. The van der Waals surface area contributed by atoms with E-state index < -0.39 is 5.54 Å². The molecule has 1 fully saturated rings. The predicted molar refractivity (Wildman–Crippen MR) is 48.7 cm³/mol. The first kappa shape index (κ1) is 9.52. The number of carbonyl (C=O) groups is 1. The molecule has 0 heterocycles. The molecule has 0 spiro atoms. The molecule has 70 valence electrons. The van der Waals surface area contributed by atoms with Gasteiger partial charge in [-0.05, 0) is 25.7 Å². The summed E-state index contributed by atoms with van der Waals surface area (Å²) in [5, 5.41) is 2.95. The topological polar surface area (TPSA) is 55.1 Å². The zero-order valence-corrected chi connectivity index (χ0v) is 7.89. The summed E-state index contributed by atoms with van der Waals surface area (Å²) >= 11 is 0. The van der Waals surface area contributed by atoms with Gasteiger partial charge in [-0.15, -0.1) is 0 Å². The number of rotatable bonds is 4. The van der Waals surface area contributed by atoms with Gasteiger partial charge in [-0.25, -0.2) is 0 Å². The first-order valence-corrected chi connectivity index (χ1v) is 4.72. The van der Waals surface area contributed by atoms with Crippen molar-refractivity contribution in [2.24, 2.45) is 5.73 Å². The molecule has 0 aromatic carbocycles. The second-order valence-corrected chi connectivity index (χ2v) is 3.64. The lowest BCUT2D eigenvalue weighted by molar-refractivity contribution is -0.124. The van der Waals surface area contributed by atoms with Crippen LogP contribution in [-0.2, 0) is 4.79 Å². The third kappa shape index (κ3) is 1.97. The van der Waals surface area contributed by atoms with Gasteiger partial charge in [0.1, 0.15) is 0 Å². The van der Waals surface area contributed by atoms with E-state index >= 15 is 0 Å². The van der Waals surface area contributed by atoms with Crippen LogP contribution >= 0.6 is 0 Å². The largest absolute Gasteiger partial charge is 0.352 e. The summed E-state index contributed by atoms with van der Waals surface area (Å²) in [5.41, 5.74) is 5.22. The maximum atomic E-state index is 11.4. The zero-order chi connectivity index (χ0) is 9.19. The molecule has 12 heavy (non-hydrogen) atoms. The van der Waals surface area contributed by atoms with Gasteiger partial charge < -0.3 is 11.1 Å². The van der Waals surface area contributed by atoms with Gasteiger partial charge in [-0.2, -0.15) is 0 Å². The molecule has 1 aliphatic carbocycles. The van der Waals surface area contributed by atoms with E-state index in [9.17, 15) is 4.79 Å². The molecular formula is C9H18N2O. The van der Waals surface area contributed by atoms with Gasteiger partial charge in [0.2, 0.25) is 5.91 Å². The Morgan fingerprint density at radius 3 is 2.33 bits per heavy atom. The Labute approximate surface area is 73.7 Å². The van der Waals surface area contributed by atoms with Crippen LogP contribution in [0.15, 0.2) is 0 Å². The Bertz CT molecular complexity index is 171. The Morgan fingerprint density at radius 2 is 2.00 bits per heavy atom. The van der Waals surface area contributed by atoms with Gasteiger partial charge in [-0.3, -0.25) is 4.79 Å². The van der Waals surface area contributed by atoms with E-state index in [-0.39, 0.29) is 5.91 Å². The fourth-order valence-electron chi connectivity index (χ4n) is 1.18. The fraction of sp³-hybridized carbons (Fsp3) is 0.889. The third-order valence-corrected chi connectivity index (χ3v) is 2.56. The average Bonchev–Trinajstić information content (AvgIpc) is 2.80. The molecule has 0 saturated heterocycles. The van der Waals surface area contributed by atoms with Gasteiger partial charge in [0.05, 0.1) is 5.54 Å². The van der Waals surface area contributed by atoms with Crippen molar-refractivity contribution in [2.75, 3.05) is 0 Å². The van der Waals surface area contributed by atoms with Crippen LogP contribution in [0, 0.1) is 0 Å². The molecule has 0 aromatic heterocycles. The molecule has 0 bridgehead atoms. The standard InChI is InChI=1S/C9H18N2O/c1-3-7(4-2)11-8(12)9(10)5-6-9/h7H,3-6,10H2,1-2H3,(H,11,12). The molecule has 1 amide bonds.